The van der Waals surface area contributed by atoms with Crippen LogP contribution in [0.3, 0.4) is 0 Å². The van der Waals surface area contributed by atoms with E-state index in [-0.39, 0.29) is 5.82 Å². The van der Waals surface area contributed by atoms with Crippen molar-refractivity contribution >= 4 is 28.1 Å². The van der Waals surface area contributed by atoms with Crippen LogP contribution in [-0.2, 0) is 0 Å². The van der Waals surface area contributed by atoms with Crippen LogP contribution < -0.4 is 0 Å². The van der Waals surface area contributed by atoms with E-state index in [1.807, 2.05) is 24.4 Å². The first-order valence-electron chi connectivity index (χ1n) is 8.84. The van der Waals surface area contributed by atoms with Gasteiger partial charge in [-0.05, 0) is 64.9 Å². The fourth-order valence-electron chi connectivity index (χ4n) is 3.54. The molecule has 0 fully saturated rings. The van der Waals surface area contributed by atoms with Crippen LogP contribution in [-0.4, -0.2) is 4.98 Å². The second kappa shape index (κ2) is 6.72. The molecule has 26 heavy (non-hydrogen) atoms. The predicted octanol–water partition coefficient (Wildman–Crippen LogP) is 6.52. The smallest absolute Gasteiger partial charge is 0.130 e. The quantitative estimate of drug-likeness (QED) is 0.528. The Morgan fingerprint density at radius 3 is 2.81 bits per heavy atom. The summed E-state index contributed by atoms with van der Waals surface area (Å²) in [6, 6.07) is 15.7. The average Bonchev–Trinajstić information content (AvgIpc) is 2.68. The molecule has 3 aromatic rings. The summed E-state index contributed by atoms with van der Waals surface area (Å²) in [6.07, 6.45) is 8.74. The fourth-order valence-corrected chi connectivity index (χ4v) is 3.54. The van der Waals surface area contributed by atoms with Gasteiger partial charge in [0.15, 0.2) is 0 Å². The number of benzene rings is 2. The minimum atomic E-state index is -0.234. The first-order valence-corrected chi connectivity index (χ1v) is 8.84. The van der Waals surface area contributed by atoms with Crippen molar-refractivity contribution in [2.24, 2.45) is 5.92 Å². The maximum atomic E-state index is 13.9. The number of nitrogens with zero attached hydrogens (tertiary/aromatic N) is 1. The monoisotopic (exact) mass is 341 g/mol. The molecule has 128 valence electrons. The van der Waals surface area contributed by atoms with Gasteiger partial charge in [-0.3, -0.25) is 4.98 Å². The van der Waals surface area contributed by atoms with Gasteiger partial charge in [0.05, 0.1) is 5.52 Å². The maximum Gasteiger partial charge on any atom is 0.130 e. The molecule has 1 aliphatic rings. The van der Waals surface area contributed by atoms with E-state index in [2.05, 4.69) is 54.9 Å². The Balaban J connectivity index is 1.90. The van der Waals surface area contributed by atoms with Gasteiger partial charge in [-0.25, -0.2) is 4.39 Å². The summed E-state index contributed by atoms with van der Waals surface area (Å²) in [6.45, 7) is 5.93. The maximum absolute atomic E-state index is 13.9. The van der Waals surface area contributed by atoms with Gasteiger partial charge >= 0.3 is 0 Å². The van der Waals surface area contributed by atoms with E-state index in [9.17, 15) is 4.39 Å². The van der Waals surface area contributed by atoms with E-state index in [0.29, 0.717) is 11.5 Å². The van der Waals surface area contributed by atoms with E-state index in [1.54, 1.807) is 6.08 Å². The predicted molar refractivity (Wildman–Crippen MR) is 108 cm³/mol. The highest BCUT2D eigenvalue weighted by molar-refractivity contribution is 5.98. The van der Waals surface area contributed by atoms with Crippen molar-refractivity contribution in [3.63, 3.8) is 0 Å². The van der Waals surface area contributed by atoms with Crippen LogP contribution in [0.1, 0.15) is 30.0 Å². The molecule has 2 heteroatoms. The summed E-state index contributed by atoms with van der Waals surface area (Å²) in [4.78, 5) is 4.40. The first kappa shape index (κ1) is 16.5. The number of fused-ring (bicyclic) bond motifs is 1. The van der Waals surface area contributed by atoms with E-state index >= 15 is 0 Å². The molecular weight excluding hydrogens is 321 g/mol. The highest BCUT2D eigenvalue weighted by Crippen LogP contribution is 2.37. The van der Waals surface area contributed by atoms with E-state index in [1.165, 1.54) is 17.2 Å². The number of allylic oxidation sites excluding steroid dienone is 4. The van der Waals surface area contributed by atoms with E-state index in [4.69, 9.17) is 0 Å². The number of hydrogen-bond donors (Lipinski definition) is 0. The molecule has 0 saturated heterocycles. The molecule has 0 amide bonds. The standard InChI is InChI=1S/C24H20FN/c1-3-17-14-19(7-10-23(17)25)22-13-16(2)6-9-21(22)18-8-11-24-20(15-18)5-4-12-26-24/h3-12,14-16H,1,13H2,2H3. The minimum Gasteiger partial charge on any atom is -0.256 e. The van der Waals surface area contributed by atoms with Crippen LogP contribution in [0.2, 0.25) is 0 Å². The topological polar surface area (TPSA) is 12.9 Å². The summed E-state index contributed by atoms with van der Waals surface area (Å²) >= 11 is 0. The molecule has 2 aromatic carbocycles. The summed E-state index contributed by atoms with van der Waals surface area (Å²) in [7, 11) is 0. The summed E-state index contributed by atoms with van der Waals surface area (Å²) in [5, 5.41) is 1.12. The van der Waals surface area contributed by atoms with Crippen LogP contribution in [0.4, 0.5) is 4.39 Å². The molecule has 0 aliphatic heterocycles. The number of pyridine rings is 1. The van der Waals surface area contributed by atoms with Crippen molar-refractivity contribution in [1.82, 2.24) is 4.98 Å². The number of rotatable bonds is 3. The highest BCUT2D eigenvalue weighted by atomic mass is 19.1. The van der Waals surface area contributed by atoms with Crippen LogP contribution in [0.25, 0.3) is 28.1 Å². The van der Waals surface area contributed by atoms with Crippen molar-refractivity contribution in [3.05, 3.63) is 96.0 Å². The third-order valence-electron chi connectivity index (χ3n) is 4.92. The second-order valence-corrected chi connectivity index (χ2v) is 6.78. The number of hydrogen-bond acceptors (Lipinski definition) is 1. The summed E-state index contributed by atoms with van der Waals surface area (Å²) < 4.78 is 13.9. The van der Waals surface area contributed by atoms with Gasteiger partial charge in [0.2, 0.25) is 0 Å². The molecule has 1 heterocycles. The summed E-state index contributed by atoms with van der Waals surface area (Å²) in [5.41, 5.74) is 6.18. The van der Waals surface area contributed by atoms with Gasteiger partial charge in [-0.15, -0.1) is 0 Å². The first-order chi connectivity index (χ1) is 12.7. The van der Waals surface area contributed by atoms with Crippen LogP contribution in [0.15, 0.2) is 73.5 Å². The molecular formula is C24H20FN. The SMILES string of the molecule is C=Cc1cc(C2=C(c3ccc4ncccc4c3)C=CC(C)C2)ccc1F. The van der Waals surface area contributed by atoms with Crippen molar-refractivity contribution in [2.75, 3.05) is 0 Å². The Morgan fingerprint density at radius 2 is 1.96 bits per heavy atom. The van der Waals surface area contributed by atoms with E-state index < -0.39 is 0 Å². The Hall–Kier alpha value is -3.00. The minimum absolute atomic E-state index is 0.234. The highest BCUT2D eigenvalue weighted by Gasteiger charge is 2.17. The molecule has 4 rings (SSSR count). The third-order valence-corrected chi connectivity index (χ3v) is 4.92. The molecule has 0 saturated carbocycles. The molecule has 1 atom stereocenters. The van der Waals surface area contributed by atoms with Gasteiger partial charge in [-0.1, -0.05) is 49.9 Å². The van der Waals surface area contributed by atoms with Crippen LogP contribution in [0, 0.1) is 11.7 Å². The van der Waals surface area contributed by atoms with Gasteiger partial charge in [0.1, 0.15) is 5.82 Å². The fraction of sp³-hybridized carbons (Fsp3) is 0.125. The Labute approximate surface area is 153 Å². The van der Waals surface area contributed by atoms with Crippen molar-refractivity contribution < 1.29 is 4.39 Å². The number of halogens is 1. The lowest BCUT2D eigenvalue weighted by Gasteiger charge is -2.21. The van der Waals surface area contributed by atoms with Crippen LogP contribution in [0.5, 0.6) is 0 Å². The van der Waals surface area contributed by atoms with Crippen LogP contribution >= 0.6 is 0 Å². The Morgan fingerprint density at radius 1 is 1.12 bits per heavy atom. The lowest BCUT2D eigenvalue weighted by Crippen LogP contribution is -2.02. The largest absolute Gasteiger partial charge is 0.256 e. The Bertz CT molecular complexity index is 1060. The zero-order valence-electron chi connectivity index (χ0n) is 14.7. The second-order valence-electron chi connectivity index (χ2n) is 6.78. The molecule has 0 radical (unpaired) electrons. The Kier molecular flexibility index (Phi) is 4.26. The molecule has 0 N–H and O–H groups in total. The van der Waals surface area contributed by atoms with Gasteiger partial charge in [-0.2, -0.15) is 0 Å². The van der Waals surface area contributed by atoms with Gasteiger partial charge in [0, 0.05) is 17.1 Å². The lowest BCUT2D eigenvalue weighted by atomic mass is 9.83. The zero-order valence-corrected chi connectivity index (χ0v) is 14.7. The molecule has 1 unspecified atom stereocenters. The number of aromatic nitrogens is 1. The summed E-state index contributed by atoms with van der Waals surface area (Å²) in [5.74, 6) is 0.218. The van der Waals surface area contributed by atoms with Crippen molar-refractivity contribution in [1.29, 1.82) is 0 Å². The zero-order chi connectivity index (χ0) is 18.1. The molecule has 1 aromatic heterocycles. The normalized spacial score (nSPS) is 16.9. The van der Waals surface area contributed by atoms with Gasteiger partial charge < -0.3 is 0 Å². The van der Waals surface area contributed by atoms with Crippen molar-refractivity contribution in [2.45, 2.75) is 13.3 Å². The molecule has 0 spiro atoms. The molecule has 1 aliphatic carbocycles. The van der Waals surface area contributed by atoms with E-state index in [0.717, 1.165) is 28.5 Å². The molecule has 1 nitrogen and oxygen atoms in total. The molecule has 0 bridgehead atoms. The van der Waals surface area contributed by atoms with Gasteiger partial charge in [0.25, 0.3) is 0 Å². The third kappa shape index (κ3) is 2.99. The van der Waals surface area contributed by atoms with Crippen molar-refractivity contribution in [3.8, 4) is 0 Å². The lowest BCUT2D eigenvalue weighted by molar-refractivity contribution is 0.625. The average molecular weight is 341 g/mol.